The highest BCUT2D eigenvalue weighted by molar-refractivity contribution is 6.34. The highest BCUT2D eigenvalue weighted by atomic mass is 35.5. The van der Waals surface area contributed by atoms with Crippen molar-refractivity contribution in [3.8, 4) is 5.69 Å². The van der Waals surface area contributed by atoms with Crippen molar-refractivity contribution in [1.82, 2.24) is 15.2 Å². The Kier molecular flexibility index (Phi) is 7.04. The van der Waals surface area contributed by atoms with Crippen LogP contribution in [-0.4, -0.2) is 40.3 Å². The van der Waals surface area contributed by atoms with E-state index in [0.717, 1.165) is 0 Å². The molecule has 0 unspecified atom stereocenters. The first-order valence-corrected chi connectivity index (χ1v) is 9.12. The van der Waals surface area contributed by atoms with Crippen molar-refractivity contribution in [2.24, 2.45) is 5.10 Å². The maximum atomic E-state index is 12.3. The van der Waals surface area contributed by atoms with Gasteiger partial charge < -0.3 is 9.47 Å². The molecule has 0 spiro atoms. The number of aromatic nitrogens is 2. The molecule has 0 aliphatic heterocycles. The Balaban J connectivity index is 2.39. The summed E-state index contributed by atoms with van der Waals surface area (Å²) in [6, 6.07) is 6.86. The van der Waals surface area contributed by atoms with Crippen molar-refractivity contribution >= 4 is 41.5 Å². The smallest absolute Gasteiger partial charge is 0.428 e. The number of amides is 1. The number of hydrogen-bond donors (Lipinski definition) is 1. The van der Waals surface area contributed by atoms with Gasteiger partial charge in [-0.1, -0.05) is 35.3 Å². The molecule has 0 atom stereocenters. The minimum absolute atomic E-state index is 0.0680. The number of halogens is 2. The largest absolute Gasteiger partial charge is 0.461 e. The topological polar surface area (TPSA) is 94.8 Å². The first-order valence-electron chi connectivity index (χ1n) is 8.36. The molecule has 1 N–H and O–H groups in total. The van der Waals surface area contributed by atoms with Crippen molar-refractivity contribution in [2.75, 3.05) is 6.61 Å². The van der Waals surface area contributed by atoms with Crippen LogP contribution in [0, 0.1) is 0 Å². The van der Waals surface area contributed by atoms with Gasteiger partial charge in [0, 0.05) is 0 Å². The molecule has 0 aliphatic carbocycles. The highest BCUT2D eigenvalue weighted by Crippen LogP contribution is 2.27. The zero-order valence-corrected chi connectivity index (χ0v) is 17.3. The Bertz CT molecular complexity index is 903. The molecule has 1 aromatic carbocycles. The van der Waals surface area contributed by atoms with Crippen LogP contribution in [0.25, 0.3) is 5.69 Å². The molecule has 0 saturated heterocycles. The Morgan fingerprint density at radius 2 is 1.96 bits per heavy atom. The molecular formula is C18H20Cl2N4O4. The molecule has 0 bridgehead atoms. The lowest BCUT2D eigenvalue weighted by atomic mass is 10.2. The number of hydrazone groups is 1. The summed E-state index contributed by atoms with van der Waals surface area (Å²) in [6.07, 6.45) is 0.440. The van der Waals surface area contributed by atoms with Crippen molar-refractivity contribution < 1.29 is 19.1 Å². The van der Waals surface area contributed by atoms with E-state index in [1.807, 2.05) is 0 Å². The average molecular weight is 427 g/mol. The second kappa shape index (κ2) is 9.07. The standard InChI is InChI=1S/C18H20Cl2N4O4/c1-5-27-16(25)14-11(10-21-22-17(26)28-18(2,3)4)15(20)24(23-14)13-9-7-6-8-12(13)19/h6-10H,5H2,1-4H3,(H,22,26). The number of para-hydroxylation sites is 1. The van der Waals surface area contributed by atoms with E-state index in [1.165, 1.54) is 10.9 Å². The van der Waals surface area contributed by atoms with E-state index < -0.39 is 17.7 Å². The van der Waals surface area contributed by atoms with Crippen LogP contribution in [0.1, 0.15) is 43.7 Å². The Morgan fingerprint density at radius 3 is 2.57 bits per heavy atom. The Labute approximate surface area is 172 Å². The second-order valence-corrected chi connectivity index (χ2v) is 7.27. The highest BCUT2D eigenvalue weighted by Gasteiger charge is 2.24. The molecule has 8 nitrogen and oxygen atoms in total. The van der Waals surface area contributed by atoms with Crippen LogP contribution < -0.4 is 5.43 Å². The number of carbonyl (C=O) groups excluding carboxylic acids is 2. The summed E-state index contributed by atoms with van der Waals surface area (Å²) < 4.78 is 11.4. The summed E-state index contributed by atoms with van der Waals surface area (Å²) in [7, 11) is 0. The van der Waals surface area contributed by atoms with Crippen LogP contribution in [0.15, 0.2) is 29.4 Å². The van der Waals surface area contributed by atoms with E-state index in [-0.39, 0.29) is 23.0 Å². The van der Waals surface area contributed by atoms with Crippen LogP contribution in [0.2, 0.25) is 10.2 Å². The van der Waals surface area contributed by atoms with Crippen LogP contribution in [0.4, 0.5) is 4.79 Å². The van der Waals surface area contributed by atoms with E-state index in [2.05, 4.69) is 15.6 Å². The summed E-state index contributed by atoms with van der Waals surface area (Å²) in [5.41, 5.74) is 2.10. The zero-order valence-electron chi connectivity index (χ0n) is 15.8. The maximum Gasteiger partial charge on any atom is 0.428 e. The molecule has 28 heavy (non-hydrogen) atoms. The monoisotopic (exact) mass is 426 g/mol. The number of carbonyl (C=O) groups is 2. The summed E-state index contributed by atoms with van der Waals surface area (Å²) >= 11 is 12.6. The van der Waals surface area contributed by atoms with Gasteiger partial charge in [-0.2, -0.15) is 10.2 Å². The van der Waals surface area contributed by atoms with E-state index in [0.29, 0.717) is 10.7 Å². The normalized spacial score (nSPS) is 11.5. The minimum atomic E-state index is -0.754. The van der Waals surface area contributed by atoms with Gasteiger partial charge in [-0.05, 0) is 39.8 Å². The zero-order chi connectivity index (χ0) is 20.9. The molecule has 10 heteroatoms. The lowest BCUT2D eigenvalue weighted by Crippen LogP contribution is -2.29. The van der Waals surface area contributed by atoms with E-state index >= 15 is 0 Å². The van der Waals surface area contributed by atoms with Crippen molar-refractivity contribution in [2.45, 2.75) is 33.3 Å². The molecule has 150 valence electrons. The van der Waals surface area contributed by atoms with Gasteiger partial charge in [-0.15, -0.1) is 0 Å². The predicted molar refractivity (Wildman–Crippen MR) is 107 cm³/mol. The number of rotatable bonds is 5. The lowest BCUT2D eigenvalue weighted by molar-refractivity contribution is 0.0514. The van der Waals surface area contributed by atoms with Crippen LogP contribution in [0.3, 0.4) is 0 Å². The number of nitrogens with zero attached hydrogens (tertiary/aromatic N) is 3. The van der Waals surface area contributed by atoms with Crippen molar-refractivity contribution in [1.29, 1.82) is 0 Å². The van der Waals surface area contributed by atoms with Gasteiger partial charge in [0.2, 0.25) is 0 Å². The van der Waals surface area contributed by atoms with Gasteiger partial charge in [0.1, 0.15) is 10.8 Å². The third kappa shape index (κ3) is 5.46. The SMILES string of the molecule is CCOC(=O)c1nn(-c2ccccc2Cl)c(Cl)c1C=NNC(=O)OC(C)(C)C. The molecule has 0 radical (unpaired) electrons. The van der Waals surface area contributed by atoms with E-state index in [1.54, 1.807) is 52.0 Å². The summed E-state index contributed by atoms with van der Waals surface area (Å²) in [4.78, 5) is 24.0. The van der Waals surface area contributed by atoms with E-state index in [4.69, 9.17) is 32.7 Å². The number of ether oxygens (including phenoxy) is 2. The third-order valence-electron chi connectivity index (χ3n) is 3.16. The Hall–Kier alpha value is -2.58. The van der Waals surface area contributed by atoms with Gasteiger partial charge in [-0.3, -0.25) is 0 Å². The van der Waals surface area contributed by atoms with Gasteiger partial charge in [0.15, 0.2) is 5.69 Å². The second-order valence-electron chi connectivity index (χ2n) is 6.51. The van der Waals surface area contributed by atoms with Crippen LogP contribution in [0.5, 0.6) is 0 Å². The van der Waals surface area contributed by atoms with Gasteiger partial charge >= 0.3 is 12.1 Å². The molecule has 1 amide bonds. The quantitative estimate of drug-likeness (QED) is 0.438. The molecule has 1 heterocycles. The van der Waals surface area contributed by atoms with Gasteiger partial charge in [0.25, 0.3) is 0 Å². The predicted octanol–water partition coefficient (Wildman–Crippen LogP) is 4.21. The summed E-state index contributed by atoms with van der Waals surface area (Å²) in [6.45, 7) is 6.99. The fourth-order valence-electron chi connectivity index (χ4n) is 2.11. The summed E-state index contributed by atoms with van der Waals surface area (Å²) in [5, 5.41) is 8.46. The fraction of sp³-hybridized carbons (Fsp3) is 0.333. The number of benzene rings is 1. The molecule has 2 aromatic rings. The summed E-state index contributed by atoms with van der Waals surface area (Å²) in [5.74, 6) is -0.686. The average Bonchev–Trinajstić information content (AvgIpc) is 2.91. The first-order chi connectivity index (χ1) is 13.1. The van der Waals surface area contributed by atoms with Crippen LogP contribution in [-0.2, 0) is 9.47 Å². The van der Waals surface area contributed by atoms with Gasteiger partial charge in [-0.25, -0.2) is 19.7 Å². The minimum Gasteiger partial charge on any atom is -0.461 e. The van der Waals surface area contributed by atoms with Gasteiger partial charge in [0.05, 0.1) is 29.1 Å². The molecular weight excluding hydrogens is 407 g/mol. The third-order valence-corrected chi connectivity index (χ3v) is 3.84. The van der Waals surface area contributed by atoms with Crippen molar-refractivity contribution in [3.63, 3.8) is 0 Å². The lowest BCUT2D eigenvalue weighted by Gasteiger charge is -2.18. The van der Waals surface area contributed by atoms with Crippen LogP contribution >= 0.6 is 23.2 Å². The molecule has 2 rings (SSSR count). The first kappa shape index (κ1) is 21.7. The fourth-order valence-corrected chi connectivity index (χ4v) is 2.59. The van der Waals surface area contributed by atoms with E-state index in [9.17, 15) is 9.59 Å². The molecule has 0 fully saturated rings. The molecule has 1 aromatic heterocycles. The number of esters is 1. The van der Waals surface area contributed by atoms with Crippen molar-refractivity contribution in [3.05, 3.63) is 45.7 Å². The maximum absolute atomic E-state index is 12.3. The number of hydrogen-bond acceptors (Lipinski definition) is 6. The molecule has 0 aliphatic rings. The Morgan fingerprint density at radius 1 is 1.29 bits per heavy atom. The molecule has 0 saturated carbocycles. The number of nitrogens with one attached hydrogen (secondary N) is 1.